The summed E-state index contributed by atoms with van der Waals surface area (Å²) in [6.45, 7) is 8.82. The van der Waals surface area contributed by atoms with Crippen LogP contribution in [0.3, 0.4) is 0 Å². The summed E-state index contributed by atoms with van der Waals surface area (Å²) >= 11 is 0. The molecule has 268 valence electrons. The molecule has 54 heavy (non-hydrogen) atoms. The van der Waals surface area contributed by atoms with Crippen LogP contribution in [0.4, 0.5) is 22.7 Å². The fraction of sp³-hybridized carbons (Fsp3) is 0.106. The Morgan fingerprint density at radius 1 is 0.611 bits per heavy atom. The van der Waals surface area contributed by atoms with E-state index in [9.17, 15) is 0 Å². The van der Waals surface area contributed by atoms with Gasteiger partial charge >= 0.3 is 0 Å². The van der Waals surface area contributed by atoms with E-state index in [1.165, 1.54) is 27.4 Å². The summed E-state index contributed by atoms with van der Waals surface area (Å²) in [6, 6.07) is 53.7. The number of aromatic nitrogens is 3. The molecular weight excluding hydrogens is 846 g/mol. The molecule has 3 aromatic heterocycles. The Morgan fingerprint density at radius 3 is 2.11 bits per heavy atom. The van der Waals surface area contributed by atoms with Crippen LogP contribution in [-0.2, 0) is 33.5 Å². The molecule has 0 unspecified atom stereocenters. The summed E-state index contributed by atoms with van der Waals surface area (Å²) in [5.41, 5.74) is 9.72. The molecule has 0 bridgehead atoms. The van der Waals surface area contributed by atoms with E-state index in [2.05, 4.69) is 175 Å². The van der Waals surface area contributed by atoms with Crippen molar-refractivity contribution in [2.24, 2.45) is 7.05 Å². The Hall–Kier alpha value is -5.84. The number of fused-ring (bicyclic) bond motifs is 7. The van der Waals surface area contributed by atoms with Gasteiger partial charge in [0.1, 0.15) is 5.82 Å². The SMILES string of the molecule is Cn1c2ccccc2c2cc3c(cc21)N(c1[c-]c(Oc2[c-]c4c(cc2)c2ccccc2n4-c2cc(C(C)(C)C)ccn2)ccc1)[CH-]N3c1ccccc1.[Pt]. The molecule has 6 nitrogen and oxygen atoms in total. The molecule has 0 N–H and O–H groups in total. The number of pyridine rings is 1. The number of hydrogen-bond donors (Lipinski definition) is 0. The Morgan fingerprint density at radius 2 is 1.31 bits per heavy atom. The quantitative estimate of drug-likeness (QED) is 0.161. The molecular formula is C47H36N5OPt-3. The molecule has 1 aliphatic heterocycles. The second-order valence-corrected chi connectivity index (χ2v) is 14.7. The summed E-state index contributed by atoms with van der Waals surface area (Å²) in [4.78, 5) is 9.28. The molecule has 6 aromatic carbocycles. The fourth-order valence-corrected chi connectivity index (χ4v) is 7.73. The molecule has 0 amide bonds. The summed E-state index contributed by atoms with van der Waals surface area (Å²) in [5.74, 6) is 2.07. The minimum Gasteiger partial charge on any atom is -0.509 e. The van der Waals surface area contributed by atoms with Crippen LogP contribution in [0.25, 0.3) is 49.4 Å². The average Bonchev–Trinajstić information content (AvgIpc) is 3.81. The monoisotopic (exact) mass is 881 g/mol. The zero-order valence-electron chi connectivity index (χ0n) is 30.3. The topological polar surface area (TPSA) is 38.5 Å². The third-order valence-electron chi connectivity index (χ3n) is 10.4. The maximum absolute atomic E-state index is 6.58. The number of nitrogens with zero attached hydrogens (tertiary/aromatic N) is 5. The first-order valence-electron chi connectivity index (χ1n) is 17.9. The average molecular weight is 882 g/mol. The van der Waals surface area contributed by atoms with Crippen molar-refractivity contribution in [2.45, 2.75) is 26.2 Å². The zero-order chi connectivity index (χ0) is 35.8. The fourth-order valence-electron chi connectivity index (χ4n) is 7.73. The molecule has 0 atom stereocenters. The van der Waals surface area contributed by atoms with Crippen LogP contribution in [0, 0.1) is 18.8 Å². The summed E-state index contributed by atoms with van der Waals surface area (Å²) < 4.78 is 11.0. The normalized spacial score (nSPS) is 12.9. The minimum atomic E-state index is -0.0122. The van der Waals surface area contributed by atoms with Crippen molar-refractivity contribution < 1.29 is 25.8 Å². The van der Waals surface area contributed by atoms with Crippen molar-refractivity contribution in [3.63, 3.8) is 0 Å². The van der Waals surface area contributed by atoms with E-state index >= 15 is 0 Å². The number of benzene rings is 6. The van der Waals surface area contributed by atoms with Crippen LogP contribution in [0.2, 0.25) is 0 Å². The van der Waals surface area contributed by atoms with Gasteiger partial charge in [-0.05, 0) is 64.9 Å². The molecule has 0 fully saturated rings. The predicted octanol–water partition coefficient (Wildman–Crippen LogP) is 11.9. The standard InChI is InChI=1S/C47H36N5O.Pt/c1-47(2,3)31-23-24-48-46(25-31)52-41-20-11-9-17-36(41)38-22-21-35(27-43(38)52)53-34-16-12-15-33(26-34)51-30-50(32-13-6-5-7-14-32)44-28-39-37-18-8-10-19-40(37)49(4)42(39)29-45(44)51;/h5-25,28-30H,1-4H3;/q-3;. The van der Waals surface area contributed by atoms with E-state index in [0.29, 0.717) is 11.5 Å². The maximum atomic E-state index is 6.58. The van der Waals surface area contributed by atoms with E-state index < -0.39 is 0 Å². The van der Waals surface area contributed by atoms with Crippen molar-refractivity contribution in [1.29, 1.82) is 0 Å². The molecule has 0 saturated carbocycles. The van der Waals surface area contributed by atoms with Gasteiger partial charge in [-0.15, -0.1) is 48.1 Å². The van der Waals surface area contributed by atoms with Gasteiger partial charge in [0.2, 0.25) is 0 Å². The molecule has 10 rings (SSSR count). The van der Waals surface area contributed by atoms with E-state index in [-0.39, 0.29) is 26.5 Å². The largest absolute Gasteiger partial charge is 0.509 e. The Bertz CT molecular complexity index is 2870. The molecule has 0 saturated heterocycles. The summed E-state index contributed by atoms with van der Waals surface area (Å²) in [6.07, 6.45) is 1.90. The smallest absolute Gasteiger partial charge is 0.135 e. The maximum Gasteiger partial charge on any atom is 0.135 e. The van der Waals surface area contributed by atoms with Gasteiger partial charge < -0.3 is 23.7 Å². The van der Waals surface area contributed by atoms with Gasteiger partial charge in [0.15, 0.2) is 0 Å². The number of anilines is 4. The van der Waals surface area contributed by atoms with Crippen LogP contribution in [-0.4, -0.2) is 14.1 Å². The van der Waals surface area contributed by atoms with E-state index in [0.717, 1.165) is 50.4 Å². The molecule has 4 heterocycles. The molecule has 7 heteroatoms. The third-order valence-corrected chi connectivity index (χ3v) is 10.4. The van der Waals surface area contributed by atoms with Crippen LogP contribution in [0.5, 0.6) is 11.5 Å². The first-order valence-corrected chi connectivity index (χ1v) is 17.9. The van der Waals surface area contributed by atoms with Gasteiger partial charge in [-0.3, -0.25) is 0 Å². The first kappa shape index (κ1) is 34.0. The van der Waals surface area contributed by atoms with Crippen molar-refractivity contribution in [3.8, 4) is 17.3 Å². The van der Waals surface area contributed by atoms with Gasteiger partial charge in [-0.1, -0.05) is 80.9 Å². The Kier molecular flexibility index (Phi) is 8.13. The van der Waals surface area contributed by atoms with Crippen LogP contribution < -0.4 is 14.5 Å². The number of aryl methyl sites for hydroxylation is 1. The van der Waals surface area contributed by atoms with Crippen LogP contribution in [0.1, 0.15) is 26.3 Å². The van der Waals surface area contributed by atoms with Gasteiger partial charge in [0.25, 0.3) is 0 Å². The number of para-hydroxylation sites is 3. The Balaban J connectivity index is 0.00000384. The van der Waals surface area contributed by atoms with Crippen molar-refractivity contribution in [1.82, 2.24) is 14.1 Å². The van der Waals surface area contributed by atoms with Crippen molar-refractivity contribution >= 4 is 66.4 Å². The summed E-state index contributed by atoms with van der Waals surface area (Å²) in [7, 11) is 2.14. The molecule has 9 aromatic rings. The Labute approximate surface area is 329 Å². The molecule has 0 radical (unpaired) electrons. The van der Waals surface area contributed by atoms with E-state index in [1.807, 2.05) is 30.5 Å². The van der Waals surface area contributed by atoms with Crippen molar-refractivity contribution in [3.05, 3.63) is 164 Å². The van der Waals surface area contributed by atoms with E-state index in [4.69, 9.17) is 9.72 Å². The summed E-state index contributed by atoms with van der Waals surface area (Å²) in [5, 5.41) is 4.71. The van der Waals surface area contributed by atoms with Gasteiger partial charge in [0, 0.05) is 84.7 Å². The predicted molar refractivity (Wildman–Crippen MR) is 217 cm³/mol. The van der Waals surface area contributed by atoms with Gasteiger partial charge in [-0.2, -0.15) is 12.1 Å². The van der Waals surface area contributed by atoms with Gasteiger partial charge in [-0.25, -0.2) is 4.98 Å². The second kappa shape index (κ2) is 12.9. The first-order chi connectivity index (χ1) is 25.8. The van der Waals surface area contributed by atoms with E-state index in [1.54, 1.807) is 0 Å². The third kappa shape index (κ3) is 5.47. The zero-order valence-corrected chi connectivity index (χ0v) is 32.6. The number of rotatable bonds is 5. The molecule has 0 aliphatic carbocycles. The van der Waals surface area contributed by atoms with Crippen LogP contribution in [0.15, 0.2) is 140 Å². The number of ether oxygens (including phenoxy) is 1. The second-order valence-electron chi connectivity index (χ2n) is 14.7. The molecule has 0 spiro atoms. The van der Waals surface area contributed by atoms with Crippen LogP contribution >= 0.6 is 0 Å². The van der Waals surface area contributed by atoms with Gasteiger partial charge in [0.05, 0.1) is 5.52 Å². The molecule has 1 aliphatic rings. The minimum absolute atomic E-state index is 0. The number of hydrogen-bond acceptors (Lipinski definition) is 4. The van der Waals surface area contributed by atoms with Crippen molar-refractivity contribution in [2.75, 3.05) is 9.80 Å².